The van der Waals surface area contributed by atoms with Gasteiger partial charge in [0.15, 0.2) is 0 Å². The SMILES string of the molecule is CC(C)CC(C)(CN)N1C(=O)C2CCC(C2)C1=O. The predicted octanol–water partition coefficient (Wildman–Crippen LogP) is 1.54. The van der Waals surface area contributed by atoms with Gasteiger partial charge in [0.05, 0.1) is 5.54 Å². The highest BCUT2D eigenvalue weighted by Gasteiger charge is 2.51. The van der Waals surface area contributed by atoms with Crippen LogP contribution in [0.3, 0.4) is 0 Å². The summed E-state index contributed by atoms with van der Waals surface area (Å²) in [5.74, 6) is 0.569. The number of hydrogen-bond donors (Lipinski definition) is 1. The van der Waals surface area contributed by atoms with E-state index in [2.05, 4.69) is 13.8 Å². The quantitative estimate of drug-likeness (QED) is 0.772. The Labute approximate surface area is 109 Å². The van der Waals surface area contributed by atoms with E-state index in [-0.39, 0.29) is 23.7 Å². The van der Waals surface area contributed by atoms with Crippen molar-refractivity contribution in [1.82, 2.24) is 4.90 Å². The van der Waals surface area contributed by atoms with Crippen LogP contribution in [-0.2, 0) is 9.59 Å². The second kappa shape index (κ2) is 4.65. The molecule has 3 unspecified atom stereocenters. The molecular formula is C14H24N2O2. The van der Waals surface area contributed by atoms with Gasteiger partial charge in [-0.25, -0.2) is 0 Å². The Balaban J connectivity index is 2.29. The summed E-state index contributed by atoms with van der Waals surface area (Å²) in [7, 11) is 0. The molecule has 0 aromatic heterocycles. The fourth-order valence-corrected chi connectivity index (χ4v) is 3.58. The van der Waals surface area contributed by atoms with Crippen molar-refractivity contribution in [3.8, 4) is 0 Å². The standard InChI is InChI=1S/C14H24N2O2/c1-9(2)7-14(3,8-15)16-12(17)10-4-5-11(6-10)13(16)18/h9-11H,4-8,15H2,1-3H3. The van der Waals surface area contributed by atoms with Crippen molar-refractivity contribution in [2.45, 2.75) is 52.0 Å². The lowest BCUT2D eigenvalue weighted by molar-refractivity contribution is -0.160. The first-order valence-corrected chi connectivity index (χ1v) is 6.97. The Morgan fingerprint density at radius 3 is 2.17 bits per heavy atom. The molecule has 2 bridgehead atoms. The summed E-state index contributed by atoms with van der Waals surface area (Å²) < 4.78 is 0. The fourth-order valence-electron chi connectivity index (χ4n) is 3.58. The second-order valence-corrected chi connectivity index (χ2v) is 6.52. The molecule has 1 saturated heterocycles. The predicted molar refractivity (Wildman–Crippen MR) is 69.6 cm³/mol. The third kappa shape index (κ3) is 2.07. The largest absolute Gasteiger partial charge is 0.328 e. The van der Waals surface area contributed by atoms with E-state index in [1.54, 1.807) is 0 Å². The van der Waals surface area contributed by atoms with Gasteiger partial charge in [-0.3, -0.25) is 14.5 Å². The lowest BCUT2D eigenvalue weighted by Gasteiger charge is -2.44. The number of piperidine rings is 1. The summed E-state index contributed by atoms with van der Waals surface area (Å²) in [5.41, 5.74) is 5.37. The van der Waals surface area contributed by atoms with Gasteiger partial charge in [-0.05, 0) is 38.5 Å². The first-order valence-electron chi connectivity index (χ1n) is 6.97. The van der Waals surface area contributed by atoms with Crippen molar-refractivity contribution in [3.05, 3.63) is 0 Å². The van der Waals surface area contributed by atoms with Gasteiger partial charge in [0.25, 0.3) is 0 Å². The number of imide groups is 1. The number of carbonyl (C=O) groups is 2. The average Bonchev–Trinajstić information content (AvgIpc) is 2.72. The Kier molecular flexibility index (Phi) is 3.49. The number of rotatable bonds is 4. The summed E-state index contributed by atoms with van der Waals surface area (Å²) >= 11 is 0. The van der Waals surface area contributed by atoms with Crippen LogP contribution in [0.5, 0.6) is 0 Å². The molecule has 1 saturated carbocycles. The third-order valence-electron chi connectivity index (χ3n) is 4.40. The highest BCUT2D eigenvalue weighted by atomic mass is 16.2. The Morgan fingerprint density at radius 1 is 1.28 bits per heavy atom. The summed E-state index contributed by atoms with van der Waals surface area (Å²) in [4.78, 5) is 26.4. The molecule has 0 spiro atoms. The minimum absolute atomic E-state index is 0.0161. The van der Waals surface area contributed by atoms with E-state index >= 15 is 0 Å². The van der Waals surface area contributed by atoms with Gasteiger partial charge in [-0.1, -0.05) is 13.8 Å². The molecule has 0 aromatic carbocycles. The van der Waals surface area contributed by atoms with Crippen molar-refractivity contribution in [2.75, 3.05) is 6.54 Å². The fraction of sp³-hybridized carbons (Fsp3) is 0.857. The van der Waals surface area contributed by atoms with Crippen LogP contribution in [0.4, 0.5) is 0 Å². The lowest BCUT2D eigenvalue weighted by atomic mass is 9.84. The maximum Gasteiger partial charge on any atom is 0.232 e. The maximum atomic E-state index is 12.4. The minimum atomic E-state index is -0.510. The minimum Gasteiger partial charge on any atom is -0.328 e. The monoisotopic (exact) mass is 252 g/mol. The van der Waals surface area contributed by atoms with Gasteiger partial charge in [0, 0.05) is 18.4 Å². The highest BCUT2D eigenvalue weighted by molar-refractivity contribution is 6.01. The van der Waals surface area contributed by atoms with Crippen LogP contribution in [0.25, 0.3) is 0 Å². The molecule has 102 valence electrons. The average molecular weight is 252 g/mol. The van der Waals surface area contributed by atoms with Crippen LogP contribution >= 0.6 is 0 Å². The number of hydrogen-bond acceptors (Lipinski definition) is 3. The topological polar surface area (TPSA) is 63.4 Å². The maximum absolute atomic E-state index is 12.4. The Morgan fingerprint density at radius 2 is 1.78 bits per heavy atom. The van der Waals surface area contributed by atoms with Crippen LogP contribution in [0.15, 0.2) is 0 Å². The molecule has 1 aliphatic heterocycles. The molecule has 2 aliphatic rings. The van der Waals surface area contributed by atoms with E-state index in [1.807, 2.05) is 6.92 Å². The van der Waals surface area contributed by atoms with E-state index in [0.29, 0.717) is 12.5 Å². The second-order valence-electron chi connectivity index (χ2n) is 6.52. The lowest BCUT2D eigenvalue weighted by Crippen LogP contribution is -2.61. The van der Waals surface area contributed by atoms with Crippen molar-refractivity contribution in [2.24, 2.45) is 23.5 Å². The molecule has 4 heteroatoms. The van der Waals surface area contributed by atoms with Crippen LogP contribution in [0.2, 0.25) is 0 Å². The van der Waals surface area contributed by atoms with Gasteiger partial charge >= 0.3 is 0 Å². The first kappa shape index (κ1) is 13.5. The molecular weight excluding hydrogens is 228 g/mol. The van der Waals surface area contributed by atoms with E-state index in [0.717, 1.165) is 25.7 Å². The number of carbonyl (C=O) groups excluding carboxylic acids is 2. The highest BCUT2D eigenvalue weighted by Crippen LogP contribution is 2.41. The molecule has 2 fully saturated rings. The zero-order valence-electron chi connectivity index (χ0n) is 11.6. The first-order chi connectivity index (χ1) is 8.39. The number of nitrogens with two attached hydrogens (primary N) is 1. The van der Waals surface area contributed by atoms with E-state index in [4.69, 9.17) is 5.73 Å². The summed E-state index contributed by atoms with van der Waals surface area (Å²) in [5, 5.41) is 0. The van der Waals surface area contributed by atoms with Crippen molar-refractivity contribution in [1.29, 1.82) is 0 Å². The van der Waals surface area contributed by atoms with Gasteiger partial charge in [-0.15, -0.1) is 0 Å². The Bertz CT molecular complexity index is 345. The van der Waals surface area contributed by atoms with Crippen LogP contribution in [0, 0.1) is 17.8 Å². The molecule has 1 heterocycles. The van der Waals surface area contributed by atoms with Crippen LogP contribution in [-0.4, -0.2) is 28.8 Å². The van der Waals surface area contributed by atoms with Gasteiger partial charge in [0.1, 0.15) is 0 Å². The molecule has 0 aromatic rings. The summed E-state index contributed by atoms with van der Waals surface area (Å²) in [6.45, 7) is 6.50. The number of nitrogens with zero attached hydrogens (tertiary/aromatic N) is 1. The van der Waals surface area contributed by atoms with Crippen LogP contribution < -0.4 is 5.73 Å². The van der Waals surface area contributed by atoms with Crippen molar-refractivity contribution in [3.63, 3.8) is 0 Å². The normalized spacial score (nSPS) is 31.1. The number of fused-ring (bicyclic) bond motifs is 2. The molecule has 18 heavy (non-hydrogen) atoms. The van der Waals surface area contributed by atoms with Crippen LogP contribution in [0.1, 0.15) is 46.5 Å². The smallest absolute Gasteiger partial charge is 0.232 e. The van der Waals surface area contributed by atoms with Crippen molar-refractivity contribution >= 4 is 11.8 Å². The molecule has 1 aliphatic carbocycles. The summed E-state index contributed by atoms with van der Waals surface area (Å²) in [6.07, 6.45) is 3.28. The number of amides is 2. The zero-order valence-corrected chi connectivity index (χ0v) is 11.6. The zero-order chi connectivity index (χ0) is 13.5. The van der Waals surface area contributed by atoms with Crippen molar-refractivity contribution < 1.29 is 9.59 Å². The van der Waals surface area contributed by atoms with E-state index in [9.17, 15) is 9.59 Å². The van der Waals surface area contributed by atoms with Gasteiger partial charge in [-0.2, -0.15) is 0 Å². The third-order valence-corrected chi connectivity index (χ3v) is 4.40. The molecule has 3 atom stereocenters. The number of likely N-dealkylation sites (tertiary alicyclic amines) is 1. The van der Waals surface area contributed by atoms with Gasteiger partial charge < -0.3 is 5.73 Å². The molecule has 4 nitrogen and oxygen atoms in total. The van der Waals surface area contributed by atoms with Gasteiger partial charge in [0.2, 0.25) is 11.8 Å². The molecule has 2 rings (SSSR count). The van der Waals surface area contributed by atoms with E-state index in [1.165, 1.54) is 4.90 Å². The molecule has 2 amide bonds. The van der Waals surface area contributed by atoms with E-state index < -0.39 is 5.54 Å². The summed E-state index contributed by atoms with van der Waals surface area (Å²) in [6, 6.07) is 0. The Hall–Kier alpha value is -0.900. The molecule has 2 N–H and O–H groups in total. The molecule has 0 radical (unpaired) electrons.